The van der Waals surface area contributed by atoms with Crippen molar-refractivity contribution in [1.29, 1.82) is 0 Å². The minimum Gasteiger partial charge on any atom is -0.490 e. The van der Waals surface area contributed by atoms with Gasteiger partial charge in [0.1, 0.15) is 5.52 Å². The van der Waals surface area contributed by atoms with Crippen molar-refractivity contribution < 1.29 is 27.8 Å². The van der Waals surface area contributed by atoms with E-state index in [0.717, 1.165) is 19.6 Å². The largest absolute Gasteiger partial charge is 0.490 e. The maximum Gasteiger partial charge on any atom is 0.395 e. The van der Waals surface area contributed by atoms with Gasteiger partial charge in [0, 0.05) is 45.5 Å². The molecule has 204 valence electrons. The molecule has 2 aromatic heterocycles. The van der Waals surface area contributed by atoms with Gasteiger partial charge in [0.15, 0.2) is 11.5 Å². The average molecular weight is 534 g/mol. The average Bonchev–Trinajstić information content (AvgIpc) is 2.88. The highest BCUT2D eigenvalue weighted by Crippen LogP contribution is 2.37. The topological polar surface area (TPSA) is 147 Å². The molecular weight excluding hydrogens is 504 g/mol. The molecule has 1 aromatic carbocycles. The smallest absolute Gasteiger partial charge is 0.395 e. The van der Waals surface area contributed by atoms with Crippen molar-refractivity contribution in [2.24, 2.45) is 0 Å². The van der Waals surface area contributed by atoms with Crippen LogP contribution < -0.4 is 26.1 Å². The molecule has 1 saturated heterocycles. The van der Waals surface area contributed by atoms with Crippen molar-refractivity contribution in [3.8, 4) is 11.5 Å². The van der Waals surface area contributed by atoms with Gasteiger partial charge in [-0.25, -0.2) is 15.0 Å². The van der Waals surface area contributed by atoms with Gasteiger partial charge in [-0.15, -0.1) is 0 Å². The first-order chi connectivity index (χ1) is 18.2. The first-order valence-electron chi connectivity index (χ1n) is 12.1. The van der Waals surface area contributed by atoms with Crippen molar-refractivity contribution in [1.82, 2.24) is 24.4 Å². The third-order valence-electron chi connectivity index (χ3n) is 5.78. The lowest BCUT2D eigenvalue weighted by Gasteiger charge is -2.26. The Bertz CT molecular complexity index is 1340. The van der Waals surface area contributed by atoms with Gasteiger partial charge in [-0.2, -0.15) is 8.78 Å². The fraction of sp³-hybridized carbons (Fsp3) is 0.458. The zero-order valence-electron chi connectivity index (χ0n) is 21.1. The molecule has 1 aliphatic heterocycles. The molecule has 0 atom stereocenters. The molecule has 4 rings (SSSR count). The van der Waals surface area contributed by atoms with Crippen LogP contribution in [0.3, 0.4) is 0 Å². The Balaban J connectivity index is 1.66. The Morgan fingerprint density at radius 2 is 1.95 bits per heavy atom. The van der Waals surface area contributed by atoms with Crippen LogP contribution >= 0.6 is 0 Å². The first-order valence-corrected chi connectivity index (χ1v) is 12.1. The van der Waals surface area contributed by atoms with Crippen LogP contribution in [0.15, 0.2) is 29.3 Å². The number of aromatic nitrogens is 4. The van der Waals surface area contributed by atoms with E-state index in [9.17, 15) is 18.4 Å². The van der Waals surface area contributed by atoms with Crippen molar-refractivity contribution in [2.75, 3.05) is 50.5 Å². The molecule has 0 saturated carbocycles. The number of morpholine rings is 1. The molecule has 3 heterocycles. The Morgan fingerprint density at radius 1 is 1.24 bits per heavy atom. The SMILES string of the molecule is CCn1c(NC(=O)c2cnc(N)nc2)nc2c(OC(C)(F)F)c(OCCCN3CCOCC3)ccc2c1=O. The minimum absolute atomic E-state index is 0.00589. The number of anilines is 2. The minimum atomic E-state index is -3.59. The number of amides is 1. The van der Waals surface area contributed by atoms with Gasteiger partial charge >= 0.3 is 6.11 Å². The second-order valence-corrected chi connectivity index (χ2v) is 8.62. The zero-order valence-corrected chi connectivity index (χ0v) is 21.1. The van der Waals surface area contributed by atoms with Crippen molar-refractivity contribution in [3.63, 3.8) is 0 Å². The van der Waals surface area contributed by atoms with Crippen LogP contribution in [0.4, 0.5) is 20.7 Å². The molecule has 1 amide bonds. The van der Waals surface area contributed by atoms with Gasteiger partial charge in [0.2, 0.25) is 11.9 Å². The predicted molar refractivity (Wildman–Crippen MR) is 135 cm³/mol. The van der Waals surface area contributed by atoms with Crippen LogP contribution in [-0.4, -0.2) is 75.9 Å². The maximum absolute atomic E-state index is 14.1. The summed E-state index contributed by atoms with van der Waals surface area (Å²) in [5.74, 6) is -1.24. The number of nitrogen functional groups attached to an aromatic ring is 1. The number of alkyl halides is 2. The number of nitrogens with two attached hydrogens (primary N) is 1. The normalized spacial score (nSPS) is 14.4. The Morgan fingerprint density at radius 3 is 2.61 bits per heavy atom. The van der Waals surface area contributed by atoms with E-state index >= 15 is 0 Å². The van der Waals surface area contributed by atoms with Crippen LogP contribution in [0.5, 0.6) is 11.5 Å². The standard InChI is InChI=1S/C24H29F2N7O5/c1-3-33-21(35)16-5-6-17(37-10-4-7-32-8-11-36-12-9-32)19(38-24(2,25)26)18(16)30-23(33)31-20(34)15-13-28-22(27)29-14-15/h5-6,13-14H,3-4,7-12H2,1-2H3,(H2,27,28,29)(H,30,31,34). The third kappa shape index (κ3) is 6.50. The molecule has 0 radical (unpaired) electrons. The van der Waals surface area contributed by atoms with Crippen LogP contribution in [0.2, 0.25) is 0 Å². The summed E-state index contributed by atoms with van der Waals surface area (Å²) >= 11 is 0. The molecule has 38 heavy (non-hydrogen) atoms. The number of halogens is 2. The second kappa shape index (κ2) is 11.6. The summed E-state index contributed by atoms with van der Waals surface area (Å²) in [6.45, 7) is 6.35. The summed E-state index contributed by atoms with van der Waals surface area (Å²) in [7, 11) is 0. The molecule has 1 aliphatic rings. The number of hydrogen-bond acceptors (Lipinski definition) is 10. The summed E-state index contributed by atoms with van der Waals surface area (Å²) in [4.78, 5) is 40.1. The lowest BCUT2D eigenvalue weighted by Crippen LogP contribution is -2.37. The molecule has 3 aromatic rings. The van der Waals surface area contributed by atoms with E-state index in [0.29, 0.717) is 26.6 Å². The second-order valence-electron chi connectivity index (χ2n) is 8.62. The maximum atomic E-state index is 14.1. The van der Waals surface area contributed by atoms with E-state index in [2.05, 4.69) is 25.2 Å². The van der Waals surface area contributed by atoms with Crippen molar-refractivity contribution >= 4 is 28.7 Å². The van der Waals surface area contributed by atoms with E-state index in [1.165, 1.54) is 29.1 Å². The Hall–Kier alpha value is -3.91. The Kier molecular flexibility index (Phi) is 8.32. The number of benzene rings is 1. The fourth-order valence-corrected chi connectivity index (χ4v) is 3.95. The van der Waals surface area contributed by atoms with Crippen molar-refractivity contribution in [2.45, 2.75) is 32.9 Å². The lowest BCUT2D eigenvalue weighted by molar-refractivity contribution is -0.159. The fourth-order valence-electron chi connectivity index (χ4n) is 3.95. The predicted octanol–water partition coefficient (Wildman–Crippen LogP) is 2.13. The third-order valence-corrected chi connectivity index (χ3v) is 5.78. The van der Waals surface area contributed by atoms with Gasteiger partial charge in [-0.1, -0.05) is 0 Å². The summed E-state index contributed by atoms with van der Waals surface area (Å²) in [6, 6.07) is 2.85. The highest BCUT2D eigenvalue weighted by Gasteiger charge is 2.29. The molecule has 0 bridgehead atoms. The number of fused-ring (bicyclic) bond motifs is 1. The van der Waals surface area contributed by atoms with Crippen LogP contribution in [-0.2, 0) is 11.3 Å². The summed E-state index contributed by atoms with van der Waals surface area (Å²) < 4.78 is 45.4. The molecule has 0 unspecified atom stereocenters. The molecule has 0 spiro atoms. The Labute approximate surface area is 216 Å². The van der Waals surface area contributed by atoms with E-state index in [-0.39, 0.29) is 47.3 Å². The number of nitrogens with zero attached hydrogens (tertiary/aromatic N) is 5. The van der Waals surface area contributed by atoms with Gasteiger partial charge in [0.25, 0.3) is 11.5 Å². The van der Waals surface area contributed by atoms with E-state index in [4.69, 9.17) is 19.9 Å². The van der Waals surface area contributed by atoms with Gasteiger partial charge in [0.05, 0.1) is 30.8 Å². The zero-order chi connectivity index (χ0) is 27.3. The summed E-state index contributed by atoms with van der Waals surface area (Å²) in [6.07, 6.45) is -0.535. The number of carbonyl (C=O) groups is 1. The van der Waals surface area contributed by atoms with Gasteiger partial charge < -0.3 is 19.9 Å². The number of ether oxygens (including phenoxy) is 3. The van der Waals surface area contributed by atoms with Crippen LogP contribution in [0.1, 0.15) is 30.6 Å². The highest BCUT2D eigenvalue weighted by molar-refractivity contribution is 6.03. The molecule has 1 fully saturated rings. The van der Waals surface area contributed by atoms with Gasteiger partial charge in [-0.05, 0) is 25.5 Å². The molecule has 14 heteroatoms. The summed E-state index contributed by atoms with van der Waals surface area (Å²) in [5, 5.41) is 2.55. The lowest BCUT2D eigenvalue weighted by atomic mass is 10.2. The van der Waals surface area contributed by atoms with Crippen LogP contribution in [0.25, 0.3) is 10.9 Å². The molecular formula is C24H29F2N7O5. The first kappa shape index (κ1) is 27.1. The summed E-state index contributed by atoms with van der Waals surface area (Å²) in [5.41, 5.74) is 4.80. The number of nitrogens with one attached hydrogen (secondary N) is 1. The van der Waals surface area contributed by atoms with E-state index in [1.807, 2.05) is 0 Å². The monoisotopic (exact) mass is 533 g/mol. The number of hydrogen-bond donors (Lipinski definition) is 2. The highest BCUT2D eigenvalue weighted by atomic mass is 19.3. The van der Waals surface area contributed by atoms with Crippen molar-refractivity contribution in [3.05, 3.63) is 40.4 Å². The number of carbonyl (C=O) groups excluding carboxylic acids is 1. The van der Waals surface area contributed by atoms with E-state index in [1.54, 1.807) is 6.92 Å². The number of rotatable bonds is 10. The van der Waals surface area contributed by atoms with Gasteiger partial charge in [-0.3, -0.25) is 24.4 Å². The van der Waals surface area contributed by atoms with E-state index < -0.39 is 23.3 Å². The molecule has 0 aliphatic carbocycles. The molecule has 12 nitrogen and oxygen atoms in total. The molecule has 3 N–H and O–H groups in total. The quantitative estimate of drug-likeness (QED) is 0.372. The van der Waals surface area contributed by atoms with Crippen LogP contribution in [0, 0.1) is 0 Å².